The van der Waals surface area contributed by atoms with Crippen LogP contribution in [0.3, 0.4) is 0 Å². The highest BCUT2D eigenvalue weighted by molar-refractivity contribution is 5.92. The molecule has 10 nitrogen and oxygen atoms in total. The van der Waals surface area contributed by atoms with Crippen LogP contribution in [0.1, 0.15) is 12.3 Å². The highest BCUT2D eigenvalue weighted by Crippen LogP contribution is 2.29. The Morgan fingerprint density at radius 2 is 1.93 bits per heavy atom. The van der Waals surface area contributed by atoms with Crippen LogP contribution in [0, 0.1) is 10.1 Å². The summed E-state index contributed by atoms with van der Waals surface area (Å²) in [4.78, 5) is 26.8. The first kappa shape index (κ1) is 19.8. The van der Waals surface area contributed by atoms with Crippen LogP contribution in [0.25, 0.3) is 11.4 Å². The van der Waals surface area contributed by atoms with Crippen molar-refractivity contribution in [3.63, 3.8) is 0 Å². The summed E-state index contributed by atoms with van der Waals surface area (Å²) >= 11 is 0. The number of amides is 1. The number of nitro groups is 1. The second-order valence-electron chi connectivity index (χ2n) is 5.93. The van der Waals surface area contributed by atoms with E-state index in [0.717, 1.165) is 11.3 Å². The number of aryl methyl sites for hydroxylation is 1. The largest absolute Gasteiger partial charge is 0.497 e. The highest BCUT2D eigenvalue weighted by Gasteiger charge is 2.15. The van der Waals surface area contributed by atoms with Crippen molar-refractivity contribution < 1.29 is 23.7 Å². The Bertz CT molecular complexity index is 1020. The van der Waals surface area contributed by atoms with Gasteiger partial charge in [-0.25, -0.2) is 0 Å². The van der Waals surface area contributed by atoms with E-state index < -0.39 is 4.92 Å². The summed E-state index contributed by atoms with van der Waals surface area (Å²) < 4.78 is 15.4. The standard InChI is InChI=1S/C19H18N4O6/c1-27-14-6-3-12(4-7-14)19-21-18(29-22-19)10-9-17(24)20-15-8-5-13(23(25)26)11-16(15)28-2/h3-8,11H,9-10H2,1-2H3,(H,20,24). The van der Waals surface area contributed by atoms with Crippen LogP contribution in [-0.2, 0) is 11.2 Å². The fraction of sp³-hybridized carbons (Fsp3) is 0.211. The zero-order valence-corrected chi connectivity index (χ0v) is 15.7. The van der Waals surface area contributed by atoms with Gasteiger partial charge in [-0.1, -0.05) is 5.16 Å². The quantitative estimate of drug-likeness (QED) is 0.452. The van der Waals surface area contributed by atoms with Crippen LogP contribution < -0.4 is 14.8 Å². The van der Waals surface area contributed by atoms with Gasteiger partial charge in [-0.05, 0) is 30.3 Å². The molecular weight excluding hydrogens is 380 g/mol. The molecule has 3 rings (SSSR count). The topological polar surface area (TPSA) is 130 Å². The Morgan fingerprint density at radius 3 is 2.59 bits per heavy atom. The van der Waals surface area contributed by atoms with E-state index in [4.69, 9.17) is 14.0 Å². The number of ether oxygens (including phenoxy) is 2. The molecule has 1 amide bonds. The lowest BCUT2D eigenvalue weighted by Gasteiger charge is -2.09. The molecule has 1 N–H and O–H groups in total. The third-order valence-corrected chi connectivity index (χ3v) is 4.05. The van der Waals surface area contributed by atoms with Crippen LogP contribution in [0.4, 0.5) is 11.4 Å². The average Bonchev–Trinajstić information content (AvgIpc) is 3.21. The number of nitrogens with zero attached hydrogens (tertiary/aromatic N) is 3. The number of anilines is 1. The lowest BCUT2D eigenvalue weighted by Crippen LogP contribution is -2.13. The van der Waals surface area contributed by atoms with Gasteiger partial charge < -0.3 is 19.3 Å². The fourth-order valence-electron chi connectivity index (χ4n) is 2.54. The van der Waals surface area contributed by atoms with Gasteiger partial charge in [0.15, 0.2) is 0 Å². The van der Waals surface area contributed by atoms with Crippen molar-refractivity contribution >= 4 is 17.3 Å². The molecule has 0 aliphatic rings. The third kappa shape index (κ3) is 4.86. The molecule has 3 aromatic rings. The minimum absolute atomic E-state index is 0.0877. The normalized spacial score (nSPS) is 10.4. The van der Waals surface area contributed by atoms with E-state index in [9.17, 15) is 14.9 Å². The van der Waals surface area contributed by atoms with E-state index in [1.165, 1.54) is 25.3 Å². The second kappa shape index (κ2) is 8.83. The first-order chi connectivity index (χ1) is 14.0. The van der Waals surface area contributed by atoms with E-state index in [2.05, 4.69) is 15.5 Å². The number of methoxy groups -OCH3 is 2. The molecule has 1 heterocycles. The van der Waals surface area contributed by atoms with E-state index in [0.29, 0.717) is 17.4 Å². The molecular formula is C19H18N4O6. The van der Waals surface area contributed by atoms with E-state index in [1.54, 1.807) is 31.4 Å². The van der Waals surface area contributed by atoms with Gasteiger partial charge in [0.1, 0.15) is 11.5 Å². The molecule has 150 valence electrons. The summed E-state index contributed by atoms with van der Waals surface area (Å²) in [6.45, 7) is 0. The van der Waals surface area contributed by atoms with E-state index in [-0.39, 0.29) is 30.2 Å². The van der Waals surface area contributed by atoms with Gasteiger partial charge >= 0.3 is 0 Å². The Balaban J connectivity index is 1.60. The SMILES string of the molecule is COc1ccc(-c2noc(CCC(=O)Nc3ccc([N+](=O)[O-])cc3OC)n2)cc1. The van der Waals surface area contributed by atoms with Gasteiger partial charge in [-0.2, -0.15) is 4.98 Å². The van der Waals surface area contributed by atoms with Crippen molar-refractivity contribution in [1.82, 2.24) is 10.1 Å². The predicted molar refractivity (Wildman–Crippen MR) is 103 cm³/mol. The van der Waals surface area contributed by atoms with Crippen molar-refractivity contribution in [2.24, 2.45) is 0 Å². The van der Waals surface area contributed by atoms with Gasteiger partial charge in [0, 0.05) is 24.5 Å². The molecule has 2 aromatic carbocycles. The Morgan fingerprint density at radius 1 is 1.17 bits per heavy atom. The van der Waals surface area contributed by atoms with E-state index in [1.807, 2.05) is 0 Å². The van der Waals surface area contributed by atoms with Crippen LogP contribution in [0.2, 0.25) is 0 Å². The van der Waals surface area contributed by atoms with Gasteiger partial charge in [-0.3, -0.25) is 14.9 Å². The van der Waals surface area contributed by atoms with Crippen molar-refractivity contribution in [3.05, 3.63) is 58.5 Å². The number of benzene rings is 2. The summed E-state index contributed by atoms with van der Waals surface area (Å²) in [6, 6.07) is 11.1. The molecule has 0 aliphatic heterocycles. The minimum atomic E-state index is -0.538. The monoisotopic (exact) mass is 398 g/mol. The summed E-state index contributed by atoms with van der Waals surface area (Å²) in [5.41, 5.74) is 0.977. The van der Waals surface area contributed by atoms with Crippen LogP contribution in [-0.4, -0.2) is 35.2 Å². The number of non-ortho nitro benzene ring substituents is 1. The van der Waals surface area contributed by atoms with Crippen LogP contribution in [0.5, 0.6) is 11.5 Å². The van der Waals surface area contributed by atoms with Crippen LogP contribution in [0.15, 0.2) is 47.0 Å². The number of nitrogens with one attached hydrogen (secondary N) is 1. The summed E-state index contributed by atoms with van der Waals surface area (Å²) in [5, 5.41) is 17.4. The molecule has 0 saturated carbocycles. The zero-order valence-electron chi connectivity index (χ0n) is 15.7. The molecule has 0 saturated heterocycles. The highest BCUT2D eigenvalue weighted by atomic mass is 16.6. The predicted octanol–water partition coefficient (Wildman–Crippen LogP) is 3.23. The van der Waals surface area contributed by atoms with E-state index >= 15 is 0 Å². The summed E-state index contributed by atoms with van der Waals surface area (Å²) in [5.74, 6) is 1.34. The van der Waals surface area contributed by atoms with Gasteiger partial charge in [0.25, 0.3) is 5.69 Å². The Hall–Kier alpha value is -3.95. The zero-order chi connectivity index (χ0) is 20.8. The van der Waals surface area contributed by atoms with Gasteiger partial charge in [-0.15, -0.1) is 0 Å². The summed E-state index contributed by atoms with van der Waals surface area (Å²) in [7, 11) is 2.95. The molecule has 0 fully saturated rings. The number of hydrogen-bond acceptors (Lipinski definition) is 8. The number of nitro benzene ring substituents is 1. The second-order valence-corrected chi connectivity index (χ2v) is 5.93. The number of carbonyl (C=O) groups is 1. The molecule has 0 spiro atoms. The smallest absolute Gasteiger partial charge is 0.273 e. The Kier molecular flexibility index (Phi) is 6.03. The maximum Gasteiger partial charge on any atom is 0.273 e. The number of aromatic nitrogens is 2. The number of rotatable bonds is 8. The molecule has 0 unspecified atom stereocenters. The molecule has 1 aromatic heterocycles. The number of hydrogen-bond donors (Lipinski definition) is 1. The first-order valence-corrected chi connectivity index (χ1v) is 8.59. The minimum Gasteiger partial charge on any atom is -0.497 e. The average molecular weight is 398 g/mol. The maximum absolute atomic E-state index is 12.2. The lowest BCUT2D eigenvalue weighted by molar-refractivity contribution is -0.384. The molecule has 10 heteroatoms. The van der Waals surface area contributed by atoms with Crippen molar-refractivity contribution in [3.8, 4) is 22.9 Å². The van der Waals surface area contributed by atoms with Gasteiger partial charge in [0.2, 0.25) is 17.6 Å². The van der Waals surface area contributed by atoms with Gasteiger partial charge in [0.05, 0.1) is 30.9 Å². The summed E-state index contributed by atoms with van der Waals surface area (Å²) in [6.07, 6.45) is 0.328. The molecule has 29 heavy (non-hydrogen) atoms. The Labute approximate surface area is 165 Å². The van der Waals surface area contributed by atoms with Crippen LogP contribution >= 0.6 is 0 Å². The van der Waals surface area contributed by atoms with Crippen molar-refractivity contribution in [1.29, 1.82) is 0 Å². The fourth-order valence-corrected chi connectivity index (χ4v) is 2.54. The maximum atomic E-state index is 12.2. The molecule has 0 atom stereocenters. The number of carbonyl (C=O) groups excluding carboxylic acids is 1. The molecule has 0 radical (unpaired) electrons. The first-order valence-electron chi connectivity index (χ1n) is 8.59. The van der Waals surface area contributed by atoms with Crippen molar-refractivity contribution in [2.45, 2.75) is 12.8 Å². The lowest BCUT2D eigenvalue weighted by atomic mass is 10.2. The third-order valence-electron chi connectivity index (χ3n) is 4.05. The van der Waals surface area contributed by atoms with Crippen molar-refractivity contribution in [2.75, 3.05) is 19.5 Å². The molecule has 0 aliphatic carbocycles. The molecule has 0 bridgehead atoms.